The van der Waals surface area contributed by atoms with Gasteiger partial charge in [-0.15, -0.1) is 0 Å². The smallest absolute Gasteiger partial charge is 0.253 e. The molecule has 1 aliphatic rings. The molecule has 0 spiro atoms. The lowest BCUT2D eigenvalue weighted by molar-refractivity contribution is 0.0712. The van der Waals surface area contributed by atoms with Crippen molar-refractivity contribution in [3.8, 4) is 0 Å². The Kier molecular flexibility index (Phi) is 7.60. The van der Waals surface area contributed by atoms with Crippen molar-refractivity contribution < 1.29 is 14.7 Å². The second kappa shape index (κ2) is 10.4. The Balaban J connectivity index is 1.66. The number of benzene rings is 2. The van der Waals surface area contributed by atoms with Gasteiger partial charge in [0.2, 0.25) is 0 Å². The van der Waals surface area contributed by atoms with E-state index in [1.54, 1.807) is 29.2 Å². The minimum absolute atomic E-state index is 0.0379. The first kappa shape index (κ1) is 22.0. The van der Waals surface area contributed by atoms with Crippen molar-refractivity contribution in [3.05, 3.63) is 70.8 Å². The Hall–Kier alpha value is -2.70. The molecular weight excluding hydrogens is 378 g/mol. The Morgan fingerprint density at radius 1 is 1.10 bits per heavy atom. The summed E-state index contributed by atoms with van der Waals surface area (Å²) in [5.41, 5.74) is 9.20. The lowest BCUT2D eigenvalue weighted by atomic mass is 9.88. The van der Waals surface area contributed by atoms with Gasteiger partial charge in [0, 0.05) is 43.9 Å². The van der Waals surface area contributed by atoms with Crippen molar-refractivity contribution in [3.63, 3.8) is 0 Å². The maximum Gasteiger partial charge on any atom is 0.253 e. The van der Waals surface area contributed by atoms with Crippen LogP contribution in [0.5, 0.6) is 0 Å². The molecule has 0 bridgehead atoms. The highest BCUT2D eigenvalue weighted by molar-refractivity contribution is 5.99. The van der Waals surface area contributed by atoms with E-state index < -0.39 is 0 Å². The number of carbonyl (C=O) groups is 2. The molecule has 3 N–H and O–H groups in total. The van der Waals surface area contributed by atoms with Crippen LogP contribution in [0.4, 0.5) is 0 Å². The number of likely N-dealkylation sites (N-methyl/N-ethyl adjacent to an activating group) is 1. The molecule has 6 nitrogen and oxygen atoms in total. The molecule has 0 aromatic heterocycles. The standard InChI is InChI=1S/C24H31N3O3/c1-2-26(13-14-28)23(29)21-7-4-8-22(16-21)24(30)27-11-9-19(10-12-27)20-6-3-5-18(15-20)17-25/h3-8,15-16,19,28H,2,9-14,17,25H2,1H3. The highest BCUT2D eigenvalue weighted by Gasteiger charge is 2.25. The molecule has 160 valence electrons. The van der Waals surface area contributed by atoms with Gasteiger partial charge in [0.25, 0.3) is 11.8 Å². The first-order valence-corrected chi connectivity index (χ1v) is 10.7. The van der Waals surface area contributed by atoms with Crippen LogP contribution in [0.3, 0.4) is 0 Å². The number of carbonyl (C=O) groups excluding carboxylic acids is 2. The van der Waals surface area contributed by atoms with Crippen molar-refractivity contribution in [1.82, 2.24) is 9.80 Å². The summed E-state index contributed by atoms with van der Waals surface area (Å²) in [6, 6.07) is 15.3. The van der Waals surface area contributed by atoms with E-state index in [0.717, 1.165) is 18.4 Å². The van der Waals surface area contributed by atoms with Gasteiger partial charge in [-0.1, -0.05) is 30.3 Å². The minimum Gasteiger partial charge on any atom is -0.395 e. The lowest BCUT2D eigenvalue weighted by Gasteiger charge is -2.32. The fraction of sp³-hybridized carbons (Fsp3) is 0.417. The third-order valence-corrected chi connectivity index (χ3v) is 5.84. The zero-order chi connectivity index (χ0) is 21.5. The molecule has 2 aromatic carbocycles. The van der Waals surface area contributed by atoms with Crippen molar-refractivity contribution in [2.24, 2.45) is 5.73 Å². The fourth-order valence-electron chi connectivity index (χ4n) is 4.06. The van der Waals surface area contributed by atoms with E-state index in [1.165, 1.54) is 5.56 Å². The number of nitrogens with zero attached hydrogens (tertiary/aromatic N) is 2. The lowest BCUT2D eigenvalue weighted by Crippen LogP contribution is -2.38. The van der Waals surface area contributed by atoms with Crippen LogP contribution in [0.25, 0.3) is 0 Å². The molecule has 2 amide bonds. The van der Waals surface area contributed by atoms with Gasteiger partial charge in [0.15, 0.2) is 0 Å². The summed E-state index contributed by atoms with van der Waals surface area (Å²) in [6.45, 7) is 4.51. The topological polar surface area (TPSA) is 86.9 Å². The average molecular weight is 410 g/mol. The maximum absolute atomic E-state index is 13.0. The predicted octanol–water partition coefficient (Wildman–Crippen LogP) is 2.62. The number of aliphatic hydroxyl groups excluding tert-OH is 1. The molecule has 0 atom stereocenters. The Bertz CT molecular complexity index is 876. The van der Waals surface area contributed by atoms with Gasteiger partial charge in [0.1, 0.15) is 0 Å². The SMILES string of the molecule is CCN(CCO)C(=O)c1cccc(C(=O)N2CCC(c3cccc(CN)c3)CC2)c1. The van der Waals surface area contributed by atoms with Gasteiger partial charge in [-0.25, -0.2) is 0 Å². The molecule has 1 aliphatic heterocycles. The number of nitrogens with two attached hydrogens (primary N) is 1. The quantitative estimate of drug-likeness (QED) is 0.736. The monoisotopic (exact) mass is 409 g/mol. The Labute approximate surface area is 178 Å². The predicted molar refractivity (Wildman–Crippen MR) is 117 cm³/mol. The first-order valence-electron chi connectivity index (χ1n) is 10.7. The van der Waals surface area contributed by atoms with Crippen LogP contribution in [0.15, 0.2) is 48.5 Å². The molecule has 0 aliphatic carbocycles. The van der Waals surface area contributed by atoms with Crippen LogP contribution in [-0.2, 0) is 6.54 Å². The van der Waals surface area contributed by atoms with E-state index in [-0.39, 0.29) is 25.0 Å². The summed E-state index contributed by atoms with van der Waals surface area (Å²) in [5, 5.41) is 9.15. The molecule has 0 saturated carbocycles. The molecule has 3 rings (SSSR count). The van der Waals surface area contributed by atoms with E-state index in [0.29, 0.717) is 43.2 Å². The zero-order valence-corrected chi connectivity index (χ0v) is 17.6. The molecule has 1 saturated heterocycles. The third kappa shape index (κ3) is 5.07. The molecule has 30 heavy (non-hydrogen) atoms. The third-order valence-electron chi connectivity index (χ3n) is 5.84. The number of piperidine rings is 1. The van der Waals surface area contributed by atoms with Crippen molar-refractivity contribution in [2.75, 3.05) is 32.8 Å². The number of hydrogen-bond acceptors (Lipinski definition) is 4. The van der Waals surface area contributed by atoms with Crippen molar-refractivity contribution >= 4 is 11.8 Å². The summed E-state index contributed by atoms with van der Waals surface area (Å²) in [6.07, 6.45) is 1.83. The van der Waals surface area contributed by atoms with Crippen LogP contribution < -0.4 is 5.73 Å². The van der Waals surface area contributed by atoms with E-state index in [2.05, 4.69) is 12.1 Å². The Morgan fingerprint density at radius 2 is 1.80 bits per heavy atom. The summed E-state index contributed by atoms with van der Waals surface area (Å²) in [7, 11) is 0. The van der Waals surface area contributed by atoms with Gasteiger partial charge >= 0.3 is 0 Å². The summed E-state index contributed by atoms with van der Waals surface area (Å²) >= 11 is 0. The fourth-order valence-corrected chi connectivity index (χ4v) is 4.06. The van der Waals surface area contributed by atoms with Gasteiger partial charge in [-0.05, 0) is 55.0 Å². The number of rotatable bonds is 7. The molecule has 0 radical (unpaired) electrons. The molecular formula is C24H31N3O3. The zero-order valence-electron chi connectivity index (χ0n) is 17.6. The summed E-state index contributed by atoms with van der Waals surface area (Å²) < 4.78 is 0. The molecule has 1 heterocycles. The number of amides is 2. The van der Waals surface area contributed by atoms with Crippen molar-refractivity contribution in [1.29, 1.82) is 0 Å². The largest absolute Gasteiger partial charge is 0.395 e. The highest BCUT2D eigenvalue weighted by atomic mass is 16.3. The number of hydrogen-bond donors (Lipinski definition) is 2. The second-order valence-corrected chi connectivity index (χ2v) is 7.70. The van der Waals surface area contributed by atoms with Crippen LogP contribution in [0.1, 0.15) is 57.5 Å². The number of aliphatic hydroxyl groups is 1. The van der Waals surface area contributed by atoms with Gasteiger partial charge in [0.05, 0.1) is 6.61 Å². The van der Waals surface area contributed by atoms with Crippen LogP contribution in [-0.4, -0.2) is 59.5 Å². The normalized spacial score (nSPS) is 14.6. The molecule has 0 unspecified atom stereocenters. The van der Waals surface area contributed by atoms with E-state index in [4.69, 9.17) is 10.8 Å². The first-order chi connectivity index (χ1) is 14.6. The van der Waals surface area contributed by atoms with E-state index in [9.17, 15) is 9.59 Å². The highest BCUT2D eigenvalue weighted by Crippen LogP contribution is 2.29. The number of likely N-dealkylation sites (tertiary alicyclic amines) is 1. The second-order valence-electron chi connectivity index (χ2n) is 7.70. The summed E-state index contributed by atoms with van der Waals surface area (Å²) in [4.78, 5) is 29.1. The molecule has 1 fully saturated rings. The van der Waals surface area contributed by atoms with Gasteiger partial charge in [-0.2, -0.15) is 0 Å². The van der Waals surface area contributed by atoms with Crippen LogP contribution in [0, 0.1) is 0 Å². The van der Waals surface area contributed by atoms with E-state index >= 15 is 0 Å². The van der Waals surface area contributed by atoms with E-state index in [1.807, 2.05) is 24.0 Å². The molecule has 2 aromatic rings. The Morgan fingerprint density at radius 3 is 2.47 bits per heavy atom. The van der Waals surface area contributed by atoms with Crippen molar-refractivity contribution in [2.45, 2.75) is 32.2 Å². The van der Waals surface area contributed by atoms with Crippen LogP contribution in [0.2, 0.25) is 0 Å². The average Bonchev–Trinajstić information content (AvgIpc) is 2.81. The van der Waals surface area contributed by atoms with Crippen LogP contribution >= 0.6 is 0 Å². The minimum atomic E-state index is -0.167. The van der Waals surface area contributed by atoms with Gasteiger partial charge in [-0.3, -0.25) is 9.59 Å². The van der Waals surface area contributed by atoms with Gasteiger partial charge < -0.3 is 20.6 Å². The maximum atomic E-state index is 13.0. The molecule has 6 heteroatoms. The summed E-state index contributed by atoms with van der Waals surface area (Å²) in [5.74, 6) is 0.230.